The maximum Gasteiger partial charge on any atom is 0.154 e. The number of rotatable bonds is 6. The van der Waals surface area contributed by atoms with Gasteiger partial charge in [-0.3, -0.25) is 0 Å². The first kappa shape index (κ1) is 14.9. The molecule has 5 heteroatoms. The number of hydrogen-bond acceptors (Lipinski definition) is 4. The Kier molecular flexibility index (Phi) is 4.98. The molecule has 0 spiro atoms. The number of ether oxygens (including phenoxy) is 1. The van der Waals surface area contributed by atoms with Gasteiger partial charge in [-0.2, -0.15) is 0 Å². The summed E-state index contributed by atoms with van der Waals surface area (Å²) in [6.07, 6.45) is 6.56. The minimum atomic E-state index is -3.11. The molecule has 0 amide bonds. The maximum absolute atomic E-state index is 11.6. The van der Waals surface area contributed by atoms with Crippen LogP contribution in [-0.2, 0) is 14.6 Å². The van der Waals surface area contributed by atoms with Crippen molar-refractivity contribution in [3.8, 4) is 0 Å². The zero-order chi connectivity index (χ0) is 13.1. The van der Waals surface area contributed by atoms with E-state index in [1.54, 1.807) is 13.8 Å². The molecule has 0 aromatic carbocycles. The fourth-order valence-electron chi connectivity index (χ4n) is 2.06. The van der Waals surface area contributed by atoms with Crippen molar-refractivity contribution in [3.05, 3.63) is 0 Å². The van der Waals surface area contributed by atoms with Gasteiger partial charge in [0.1, 0.15) is 0 Å². The molecule has 2 unspecified atom stereocenters. The fraction of sp³-hybridized carbons (Fsp3) is 1.00. The Hall–Kier alpha value is -0.130. The standard InChI is InChI=1S/C12H25NO3S/c1-12(2,17(3,14)15)11(13)8-4-6-10-7-5-9-16-10/h10-11H,4-9,13H2,1-3H3. The van der Waals surface area contributed by atoms with Crippen LogP contribution >= 0.6 is 0 Å². The van der Waals surface area contributed by atoms with Crippen LogP contribution in [-0.4, -0.2) is 38.2 Å². The van der Waals surface area contributed by atoms with Crippen LogP contribution < -0.4 is 5.73 Å². The fourth-order valence-corrected chi connectivity index (χ4v) is 2.73. The molecule has 0 saturated carbocycles. The monoisotopic (exact) mass is 263 g/mol. The Morgan fingerprint density at radius 3 is 2.59 bits per heavy atom. The number of nitrogens with two attached hydrogens (primary N) is 1. The molecule has 0 radical (unpaired) electrons. The van der Waals surface area contributed by atoms with E-state index in [-0.39, 0.29) is 6.04 Å². The van der Waals surface area contributed by atoms with E-state index in [2.05, 4.69) is 0 Å². The van der Waals surface area contributed by atoms with Gasteiger partial charge < -0.3 is 10.5 Å². The molecule has 4 nitrogen and oxygen atoms in total. The first-order chi connectivity index (χ1) is 7.75. The van der Waals surface area contributed by atoms with Crippen LogP contribution in [0.4, 0.5) is 0 Å². The Bertz CT molecular complexity index is 332. The predicted octanol–water partition coefficient (Wildman–Crippen LogP) is 1.49. The molecular formula is C12H25NO3S. The van der Waals surface area contributed by atoms with E-state index in [0.29, 0.717) is 6.10 Å². The first-order valence-corrected chi connectivity index (χ1v) is 8.21. The lowest BCUT2D eigenvalue weighted by atomic mass is 9.97. The molecule has 1 heterocycles. The summed E-state index contributed by atoms with van der Waals surface area (Å²) in [4.78, 5) is 0. The summed E-state index contributed by atoms with van der Waals surface area (Å²) in [6.45, 7) is 4.28. The van der Waals surface area contributed by atoms with Crippen LogP contribution in [0.1, 0.15) is 46.0 Å². The van der Waals surface area contributed by atoms with Crippen molar-refractivity contribution < 1.29 is 13.2 Å². The van der Waals surface area contributed by atoms with Crippen LogP contribution in [0.25, 0.3) is 0 Å². The summed E-state index contributed by atoms with van der Waals surface area (Å²) in [5.74, 6) is 0. The van der Waals surface area contributed by atoms with Gasteiger partial charge in [-0.05, 0) is 46.0 Å². The van der Waals surface area contributed by atoms with Crippen LogP contribution in [0.15, 0.2) is 0 Å². The lowest BCUT2D eigenvalue weighted by Gasteiger charge is -2.29. The zero-order valence-electron chi connectivity index (χ0n) is 11.1. The average Bonchev–Trinajstić information content (AvgIpc) is 2.68. The third-order valence-electron chi connectivity index (χ3n) is 3.91. The molecule has 2 atom stereocenters. The van der Waals surface area contributed by atoms with Gasteiger partial charge in [0, 0.05) is 18.9 Å². The van der Waals surface area contributed by atoms with E-state index < -0.39 is 14.6 Å². The minimum Gasteiger partial charge on any atom is -0.378 e. The normalized spacial score (nSPS) is 23.9. The molecule has 102 valence electrons. The quantitative estimate of drug-likeness (QED) is 0.788. The Morgan fingerprint density at radius 1 is 1.47 bits per heavy atom. The van der Waals surface area contributed by atoms with E-state index >= 15 is 0 Å². The first-order valence-electron chi connectivity index (χ1n) is 6.32. The number of hydrogen-bond donors (Lipinski definition) is 1. The summed E-state index contributed by atoms with van der Waals surface area (Å²) in [6, 6.07) is -0.307. The van der Waals surface area contributed by atoms with Gasteiger partial charge in [0.2, 0.25) is 0 Å². The van der Waals surface area contributed by atoms with Gasteiger partial charge in [-0.15, -0.1) is 0 Å². The molecule has 0 aliphatic carbocycles. The van der Waals surface area contributed by atoms with E-state index in [1.807, 2.05) is 0 Å². The van der Waals surface area contributed by atoms with E-state index in [9.17, 15) is 8.42 Å². The van der Waals surface area contributed by atoms with E-state index in [4.69, 9.17) is 10.5 Å². The Morgan fingerprint density at radius 2 is 2.12 bits per heavy atom. The highest BCUT2D eigenvalue weighted by Gasteiger charge is 2.36. The predicted molar refractivity (Wildman–Crippen MR) is 69.7 cm³/mol. The molecular weight excluding hydrogens is 238 g/mol. The smallest absolute Gasteiger partial charge is 0.154 e. The summed E-state index contributed by atoms with van der Waals surface area (Å²) >= 11 is 0. The third kappa shape index (κ3) is 3.93. The molecule has 0 bridgehead atoms. The topological polar surface area (TPSA) is 69.4 Å². The molecule has 1 aliphatic heterocycles. The molecule has 1 rings (SSSR count). The van der Waals surface area contributed by atoms with Crippen LogP contribution in [0.2, 0.25) is 0 Å². The zero-order valence-corrected chi connectivity index (χ0v) is 11.9. The highest BCUT2D eigenvalue weighted by Crippen LogP contribution is 2.24. The molecule has 1 fully saturated rings. The van der Waals surface area contributed by atoms with Crippen molar-refractivity contribution >= 4 is 9.84 Å². The third-order valence-corrected chi connectivity index (χ3v) is 6.13. The second-order valence-corrected chi connectivity index (χ2v) is 8.14. The van der Waals surface area contributed by atoms with Crippen molar-refractivity contribution in [2.24, 2.45) is 5.73 Å². The van der Waals surface area contributed by atoms with Gasteiger partial charge in [-0.1, -0.05) is 0 Å². The number of sulfone groups is 1. The van der Waals surface area contributed by atoms with Crippen molar-refractivity contribution in [2.45, 2.75) is 62.8 Å². The summed E-state index contributed by atoms with van der Waals surface area (Å²) in [5, 5.41) is 0. The average molecular weight is 263 g/mol. The summed E-state index contributed by atoms with van der Waals surface area (Å²) in [5.41, 5.74) is 6.00. The van der Waals surface area contributed by atoms with Gasteiger partial charge in [0.25, 0.3) is 0 Å². The Labute approximate surface area is 105 Å². The summed E-state index contributed by atoms with van der Waals surface area (Å²) < 4.78 is 27.9. The van der Waals surface area contributed by atoms with Gasteiger partial charge in [0.05, 0.1) is 10.9 Å². The Balaban J connectivity index is 2.36. The largest absolute Gasteiger partial charge is 0.378 e. The second-order valence-electron chi connectivity index (χ2n) is 5.55. The molecule has 1 aliphatic rings. The van der Waals surface area contributed by atoms with Crippen LogP contribution in [0.3, 0.4) is 0 Å². The highest BCUT2D eigenvalue weighted by atomic mass is 32.2. The molecule has 0 aromatic rings. The SMILES string of the molecule is CC(C)(C(N)CCCC1CCCO1)S(C)(=O)=O. The van der Waals surface area contributed by atoms with E-state index in [1.165, 1.54) is 6.26 Å². The van der Waals surface area contributed by atoms with Crippen molar-refractivity contribution in [1.82, 2.24) is 0 Å². The van der Waals surface area contributed by atoms with E-state index in [0.717, 1.165) is 38.7 Å². The molecule has 0 aromatic heterocycles. The van der Waals surface area contributed by atoms with Gasteiger partial charge in [-0.25, -0.2) is 8.42 Å². The lowest BCUT2D eigenvalue weighted by molar-refractivity contribution is 0.101. The van der Waals surface area contributed by atoms with Gasteiger partial charge in [0.15, 0.2) is 9.84 Å². The molecule has 1 saturated heterocycles. The maximum atomic E-state index is 11.6. The lowest BCUT2D eigenvalue weighted by Crippen LogP contribution is -2.48. The second kappa shape index (κ2) is 5.67. The van der Waals surface area contributed by atoms with Gasteiger partial charge >= 0.3 is 0 Å². The van der Waals surface area contributed by atoms with Crippen molar-refractivity contribution in [1.29, 1.82) is 0 Å². The van der Waals surface area contributed by atoms with Crippen molar-refractivity contribution in [2.75, 3.05) is 12.9 Å². The summed E-state index contributed by atoms with van der Waals surface area (Å²) in [7, 11) is -3.11. The highest BCUT2D eigenvalue weighted by molar-refractivity contribution is 7.92. The van der Waals surface area contributed by atoms with Crippen LogP contribution in [0.5, 0.6) is 0 Å². The van der Waals surface area contributed by atoms with Crippen LogP contribution in [0, 0.1) is 0 Å². The minimum absolute atomic E-state index is 0.307. The molecule has 2 N–H and O–H groups in total. The molecule has 17 heavy (non-hydrogen) atoms. The van der Waals surface area contributed by atoms with Crippen molar-refractivity contribution in [3.63, 3.8) is 0 Å².